The Bertz CT molecular complexity index is 988. The summed E-state index contributed by atoms with van der Waals surface area (Å²) in [6, 6.07) is 21.3. The summed E-state index contributed by atoms with van der Waals surface area (Å²) in [4.78, 5) is 15.1. The van der Waals surface area contributed by atoms with E-state index in [1.807, 2.05) is 36.1 Å². The van der Waals surface area contributed by atoms with Gasteiger partial charge in [-0.2, -0.15) is 0 Å². The Morgan fingerprint density at radius 2 is 1.71 bits per heavy atom. The van der Waals surface area contributed by atoms with Crippen molar-refractivity contribution in [2.45, 2.75) is 25.4 Å². The van der Waals surface area contributed by atoms with Gasteiger partial charge in [-0.05, 0) is 73.5 Å². The van der Waals surface area contributed by atoms with Crippen LogP contribution in [0.3, 0.4) is 0 Å². The van der Waals surface area contributed by atoms with Crippen LogP contribution in [0.5, 0.6) is 0 Å². The molecule has 2 atom stereocenters. The zero-order valence-corrected chi connectivity index (χ0v) is 16.2. The second-order valence-corrected chi connectivity index (χ2v) is 7.47. The Hall–Kier alpha value is -2.85. The van der Waals surface area contributed by atoms with Crippen LogP contribution in [0.2, 0.25) is 5.02 Å². The molecule has 5 heteroatoms. The van der Waals surface area contributed by atoms with Gasteiger partial charge in [0, 0.05) is 28.0 Å². The SMILES string of the molecule is C[C@H]1C[C@H](Nc2ccc(F)cc2)c2ccccc2N1C(=O)c1ccc(Cl)cc1. The van der Waals surface area contributed by atoms with E-state index in [-0.39, 0.29) is 23.8 Å². The van der Waals surface area contributed by atoms with Gasteiger partial charge >= 0.3 is 0 Å². The van der Waals surface area contributed by atoms with Crippen LogP contribution >= 0.6 is 11.6 Å². The van der Waals surface area contributed by atoms with Gasteiger partial charge in [-0.1, -0.05) is 29.8 Å². The fraction of sp³-hybridized carbons (Fsp3) is 0.174. The Balaban J connectivity index is 1.67. The monoisotopic (exact) mass is 394 g/mol. The van der Waals surface area contributed by atoms with Crippen LogP contribution in [0, 0.1) is 5.82 Å². The number of benzene rings is 3. The molecule has 1 amide bonds. The van der Waals surface area contributed by atoms with Crippen molar-refractivity contribution in [3.63, 3.8) is 0 Å². The van der Waals surface area contributed by atoms with Crippen molar-refractivity contribution in [1.29, 1.82) is 0 Å². The van der Waals surface area contributed by atoms with E-state index in [0.29, 0.717) is 10.6 Å². The Kier molecular flexibility index (Phi) is 5.05. The van der Waals surface area contributed by atoms with Crippen molar-refractivity contribution in [3.8, 4) is 0 Å². The minimum atomic E-state index is -0.261. The lowest BCUT2D eigenvalue weighted by Gasteiger charge is -2.40. The Morgan fingerprint density at radius 3 is 2.43 bits per heavy atom. The highest BCUT2D eigenvalue weighted by Crippen LogP contribution is 2.39. The molecule has 1 aliphatic rings. The maximum absolute atomic E-state index is 13.2. The van der Waals surface area contributed by atoms with Crippen molar-refractivity contribution in [3.05, 3.63) is 94.8 Å². The number of amides is 1. The number of nitrogens with one attached hydrogen (secondary N) is 1. The number of hydrogen-bond acceptors (Lipinski definition) is 2. The van der Waals surface area contributed by atoms with E-state index in [0.717, 1.165) is 23.4 Å². The maximum atomic E-state index is 13.2. The highest BCUT2D eigenvalue weighted by atomic mass is 35.5. The van der Waals surface area contributed by atoms with Crippen molar-refractivity contribution in [2.75, 3.05) is 10.2 Å². The lowest BCUT2D eigenvalue weighted by atomic mass is 9.90. The Labute approximate surface area is 168 Å². The fourth-order valence-corrected chi connectivity index (χ4v) is 3.86. The molecule has 1 heterocycles. The van der Waals surface area contributed by atoms with E-state index in [1.165, 1.54) is 12.1 Å². The quantitative estimate of drug-likeness (QED) is 0.584. The number of carbonyl (C=O) groups is 1. The predicted molar refractivity (Wildman–Crippen MR) is 112 cm³/mol. The summed E-state index contributed by atoms with van der Waals surface area (Å²) in [6.45, 7) is 2.04. The molecular weight excluding hydrogens is 375 g/mol. The summed E-state index contributed by atoms with van der Waals surface area (Å²) in [6.07, 6.45) is 0.744. The molecule has 3 aromatic rings. The third-order valence-corrected chi connectivity index (χ3v) is 5.34. The first-order chi connectivity index (χ1) is 13.5. The van der Waals surface area contributed by atoms with Gasteiger partial charge in [0.15, 0.2) is 0 Å². The van der Waals surface area contributed by atoms with E-state index in [9.17, 15) is 9.18 Å². The van der Waals surface area contributed by atoms with Gasteiger partial charge in [0.05, 0.1) is 6.04 Å². The van der Waals surface area contributed by atoms with Crippen LogP contribution in [0.4, 0.5) is 15.8 Å². The second-order valence-electron chi connectivity index (χ2n) is 7.03. The van der Waals surface area contributed by atoms with Crippen molar-refractivity contribution >= 4 is 28.9 Å². The zero-order chi connectivity index (χ0) is 19.7. The fourth-order valence-electron chi connectivity index (χ4n) is 3.74. The highest BCUT2D eigenvalue weighted by molar-refractivity contribution is 6.30. The molecule has 142 valence electrons. The molecule has 1 aliphatic heterocycles. The number of hydrogen-bond donors (Lipinski definition) is 1. The number of halogens is 2. The van der Waals surface area contributed by atoms with Crippen molar-refractivity contribution in [1.82, 2.24) is 0 Å². The van der Waals surface area contributed by atoms with Crippen LogP contribution in [0.15, 0.2) is 72.8 Å². The van der Waals surface area contributed by atoms with Gasteiger partial charge in [-0.15, -0.1) is 0 Å². The van der Waals surface area contributed by atoms with E-state index >= 15 is 0 Å². The summed E-state index contributed by atoms with van der Waals surface area (Å²) >= 11 is 5.96. The third kappa shape index (κ3) is 3.60. The molecule has 0 spiro atoms. The molecule has 0 aliphatic carbocycles. The molecule has 0 radical (unpaired) electrons. The summed E-state index contributed by atoms with van der Waals surface area (Å²) < 4.78 is 13.2. The normalized spacial score (nSPS) is 18.5. The van der Waals surface area contributed by atoms with Crippen LogP contribution in [-0.2, 0) is 0 Å². The average Bonchev–Trinajstić information content (AvgIpc) is 2.70. The Morgan fingerprint density at radius 1 is 1.04 bits per heavy atom. The summed E-state index contributed by atoms with van der Waals surface area (Å²) in [5.41, 5.74) is 3.40. The first-order valence-electron chi connectivity index (χ1n) is 9.23. The number of para-hydroxylation sites is 1. The van der Waals surface area contributed by atoms with Gasteiger partial charge < -0.3 is 10.2 Å². The predicted octanol–water partition coefficient (Wildman–Crippen LogP) is 6.07. The highest BCUT2D eigenvalue weighted by Gasteiger charge is 2.34. The lowest BCUT2D eigenvalue weighted by Crippen LogP contribution is -2.44. The van der Waals surface area contributed by atoms with Crippen molar-refractivity contribution in [2.24, 2.45) is 0 Å². The maximum Gasteiger partial charge on any atom is 0.258 e. The van der Waals surface area contributed by atoms with Crippen LogP contribution in [0.25, 0.3) is 0 Å². The number of rotatable bonds is 3. The smallest absolute Gasteiger partial charge is 0.258 e. The van der Waals surface area contributed by atoms with Gasteiger partial charge in [0.2, 0.25) is 0 Å². The van der Waals surface area contributed by atoms with E-state index in [1.54, 1.807) is 36.4 Å². The molecule has 0 saturated carbocycles. The zero-order valence-electron chi connectivity index (χ0n) is 15.4. The van der Waals surface area contributed by atoms with E-state index in [4.69, 9.17) is 11.6 Å². The minimum absolute atomic E-state index is 0.00368. The lowest BCUT2D eigenvalue weighted by molar-refractivity contribution is 0.0974. The third-order valence-electron chi connectivity index (χ3n) is 5.08. The number of anilines is 2. The van der Waals surface area contributed by atoms with Crippen LogP contribution < -0.4 is 10.2 Å². The molecule has 3 aromatic carbocycles. The van der Waals surface area contributed by atoms with E-state index < -0.39 is 0 Å². The average molecular weight is 395 g/mol. The molecule has 3 nitrogen and oxygen atoms in total. The molecule has 1 N–H and O–H groups in total. The molecule has 4 rings (SSSR count). The molecule has 0 fully saturated rings. The van der Waals surface area contributed by atoms with Crippen LogP contribution in [-0.4, -0.2) is 11.9 Å². The van der Waals surface area contributed by atoms with Crippen molar-refractivity contribution < 1.29 is 9.18 Å². The number of nitrogens with zero attached hydrogens (tertiary/aromatic N) is 1. The first kappa shape index (κ1) is 18.5. The van der Waals surface area contributed by atoms with Gasteiger partial charge in [-0.25, -0.2) is 4.39 Å². The summed E-state index contributed by atoms with van der Waals surface area (Å²) in [5, 5.41) is 4.08. The molecule has 0 unspecified atom stereocenters. The van der Waals surface area contributed by atoms with Gasteiger partial charge in [0.1, 0.15) is 5.82 Å². The molecule has 0 saturated heterocycles. The van der Waals surface area contributed by atoms with Gasteiger partial charge in [0.25, 0.3) is 5.91 Å². The largest absolute Gasteiger partial charge is 0.378 e. The molecule has 0 aromatic heterocycles. The second kappa shape index (κ2) is 7.64. The minimum Gasteiger partial charge on any atom is -0.378 e. The number of carbonyl (C=O) groups excluding carboxylic acids is 1. The van der Waals surface area contributed by atoms with Gasteiger partial charge in [-0.3, -0.25) is 4.79 Å². The van der Waals surface area contributed by atoms with E-state index in [2.05, 4.69) is 5.32 Å². The summed E-state index contributed by atoms with van der Waals surface area (Å²) in [7, 11) is 0. The topological polar surface area (TPSA) is 32.3 Å². The molecule has 0 bridgehead atoms. The summed E-state index contributed by atoms with van der Waals surface area (Å²) in [5.74, 6) is -0.306. The standard InChI is InChI=1S/C23H20ClFN2O/c1-15-14-21(26-19-12-10-18(25)11-13-19)20-4-2-3-5-22(20)27(15)23(28)16-6-8-17(24)9-7-16/h2-13,15,21,26H,14H2,1H3/t15-,21-/m0/s1. The molecule has 28 heavy (non-hydrogen) atoms. The number of fused-ring (bicyclic) bond motifs is 1. The van der Waals surface area contributed by atoms with Crippen LogP contribution in [0.1, 0.15) is 35.3 Å². The first-order valence-corrected chi connectivity index (χ1v) is 9.61. The molecular formula is C23H20ClFN2O.